The van der Waals surface area contributed by atoms with Gasteiger partial charge in [-0.05, 0) is 19.1 Å². The van der Waals surface area contributed by atoms with Crippen LogP contribution in [0.25, 0.3) is 0 Å². The minimum Gasteiger partial charge on any atom is -0.469 e. The second-order valence-corrected chi connectivity index (χ2v) is 4.38. The first-order chi connectivity index (χ1) is 10.4. The van der Waals surface area contributed by atoms with Gasteiger partial charge in [0.05, 0.1) is 19.8 Å². The summed E-state index contributed by atoms with van der Waals surface area (Å²) >= 11 is 0. The molecule has 0 aliphatic rings. The summed E-state index contributed by atoms with van der Waals surface area (Å²) in [4.78, 5) is 47.5. The molecule has 0 aliphatic heterocycles. The van der Waals surface area contributed by atoms with Gasteiger partial charge in [-0.2, -0.15) is 0 Å². The standard InChI is InChI=1S/C15H16O7/c1-10(16)15(14(19)21-3,9-12(17)20-2)22-13(18)11-7-5-4-6-8-11/h4-8H,9H2,1-3H3. The number of ether oxygens (including phenoxy) is 3. The topological polar surface area (TPSA) is 96.0 Å². The third-order valence-corrected chi connectivity index (χ3v) is 2.98. The third-order valence-electron chi connectivity index (χ3n) is 2.98. The van der Waals surface area contributed by atoms with Crippen molar-refractivity contribution < 1.29 is 33.4 Å². The van der Waals surface area contributed by atoms with Crippen molar-refractivity contribution in [3.8, 4) is 0 Å². The largest absolute Gasteiger partial charge is 0.469 e. The molecule has 0 saturated heterocycles. The highest BCUT2D eigenvalue weighted by Crippen LogP contribution is 2.23. The number of carbonyl (C=O) groups excluding carboxylic acids is 4. The molecule has 0 amide bonds. The molecule has 0 spiro atoms. The first kappa shape index (κ1) is 17.4. The maximum atomic E-state index is 12.1. The van der Waals surface area contributed by atoms with Crippen LogP contribution < -0.4 is 0 Å². The van der Waals surface area contributed by atoms with Gasteiger partial charge in [-0.15, -0.1) is 0 Å². The van der Waals surface area contributed by atoms with Crippen LogP contribution in [0.5, 0.6) is 0 Å². The molecular weight excluding hydrogens is 292 g/mol. The summed E-state index contributed by atoms with van der Waals surface area (Å²) in [5.74, 6) is -3.80. The highest BCUT2D eigenvalue weighted by atomic mass is 16.6. The quantitative estimate of drug-likeness (QED) is 0.438. The minimum atomic E-state index is -2.37. The average Bonchev–Trinajstić information content (AvgIpc) is 2.53. The zero-order valence-corrected chi connectivity index (χ0v) is 12.5. The summed E-state index contributed by atoms with van der Waals surface area (Å²) in [5, 5.41) is 0. The molecule has 0 saturated carbocycles. The molecule has 7 heteroatoms. The number of hydrogen-bond donors (Lipinski definition) is 0. The van der Waals surface area contributed by atoms with E-state index < -0.39 is 35.7 Å². The molecule has 0 bridgehead atoms. The minimum absolute atomic E-state index is 0.127. The van der Waals surface area contributed by atoms with E-state index in [1.54, 1.807) is 18.2 Å². The Morgan fingerprint density at radius 1 is 1.00 bits per heavy atom. The Morgan fingerprint density at radius 3 is 2.05 bits per heavy atom. The molecule has 0 heterocycles. The Kier molecular flexibility index (Phi) is 5.80. The molecule has 1 rings (SSSR count). The fraction of sp³-hybridized carbons (Fsp3) is 0.333. The zero-order valence-electron chi connectivity index (χ0n) is 12.5. The van der Waals surface area contributed by atoms with Crippen molar-refractivity contribution in [2.75, 3.05) is 14.2 Å². The predicted octanol–water partition coefficient (Wildman–Crippen LogP) is 0.907. The van der Waals surface area contributed by atoms with Gasteiger partial charge < -0.3 is 14.2 Å². The fourth-order valence-corrected chi connectivity index (χ4v) is 1.72. The lowest BCUT2D eigenvalue weighted by molar-refractivity contribution is -0.174. The Morgan fingerprint density at radius 2 is 1.59 bits per heavy atom. The van der Waals surface area contributed by atoms with Crippen LogP contribution in [-0.4, -0.2) is 43.5 Å². The Bertz CT molecular complexity index is 579. The van der Waals surface area contributed by atoms with Crippen LogP contribution in [0, 0.1) is 0 Å². The van der Waals surface area contributed by atoms with E-state index in [0.717, 1.165) is 21.1 Å². The highest BCUT2D eigenvalue weighted by Gasteiger charge is 2.51. The van der Waals surface area contributed by atoms with Crippen LogP contribution in [0.3, 0.4) is 0 Å². The van der Waals surface area contributed by atoms with Crippen molar-refractivity contribution in [2.45, 2.75) is 18.9 Å². The molecule has 0 aliphatic carbocycles. The zero-order chi connectivity index (χ0) is 16.8. The number of esters is 3. The van der Waals surface area contributed by atoms with E-state index in [0.29, 0.717) is 0 Å². The molecule has 0 N–H and O–H groups in total. The number of benzene rings is 1. The molecule has 0 aromatic heterocycles. The van der Waals surface area contributed by atoms with Crippen molar-refractivity contribution in [3.63, 3.8) is 0 Å². The maximum Gasteiger partial charge on any atom is 0.358 e. The first-order valence-corrected chi connectivity index (χ1v) is 6.32. The van der Waals surface area contributed by atoms with Crippen LogP contribution in [0.4, 0.5) is 0 Å². The van der Waals surface area contributed by atoms with Gasteiger partial charge in [0.25, 0.3) is 5.60 Å². The summed E-state index contributed by atoms with van der Waals surface area (Å²) in [7, 11) is 2.11. The number of rotatable bonds is 6. The Hall–Kier alpha value is -2.70. The van der Waals surface area contributed by atoms with Gasteiger partial charge in [-0.1, -0.05) is 18.2 Å². The number of hydrogen-bond acceptors (Lipinski definition) is 7. The number of Topliss-reactive ketones (excluding diaryl/α,β-unsaturated/α-hetero) is 1. The SMILES string of the molecule is COC(=O)CC(OC(=O)c1ccccc1)(C(C)=O)C(=O)OC. The molecule has 1 aromatic carbocycles. The van der Waals surface area contributed by atoms with Crippen LogP contribution in [0.15, 0.2) is 30.3 Å². The smallest absolute Gasteiger partial charge is 0.358 e. The van der Waals surface area contributed by atoms with E-state index in [-0.39, 0.29) is 5.56 Å². The van der Waals surface area contributed by atoms with Gasteiger partial charge >= 0.3 is 17.9 Å². The van der Waals surface area contributed by atoms with E-state index in [1.807, 2.05) is 0 Å². The molecule has 0 fully saturated rings. The molecular formula is C15H16O7. The lowest BCUT2D eigenvalue weighted by atomic mass is 9.94. The monoisotopic (exact) mass is 308 g/mol. The first-order valence-electron chi connectivity index (χ1n) is 6.32. The second kappa shape index (κ2) is 7.35. The van der Waals surface area contributed by atoms with E-state index in [9.17, 15) is 19.2 Å². The lowest BCUT2D eigenvalue weighted by Gasteiger charge is -2.27. The van der Waals surface area contributed by atoms with Crippen LogP contribution >= 0.6 is 0 Å². The van der Waals surface area contributed by atoms with Crippen LogP contribution in [0.2, 0.25) is 0 Å². The Labute approximate surface area is 127 Å². The van der Waals surface area contributed by atoms with Gasteiger partial charge in [0.15, 0.2) is 5.78 Å². The molecule has 0 radical (unpaired) electrons. The Balaban J connectivity index is 3.19. The van der Waals surface area contributed by atoms with Crippen LogP contribution in [-0.2, 0) is 28.6 Å². The highest BCUT2D eigenvalue weighted by molar-refractivity contribution is 6.11. The normalized spacial score (nSPS) is 12.7. The lowest BCUT2D eigenvalue weighted by Crippen LogP contribution is -2.51. The molecule has 7 nitrogen and oxygen atoms in total. The van der Waals surface area contributed by atoms with Crippen molar-refractivity contribution in [2.24, 2.45) is 0 Å². The van der Waals surface area contributed by atoms with Gasteiger partial charge in [0.2, 0.25) is 0 Å². The van der Waals surface area contributed by atoms with E-state index in [1.165, 1.54) is 12.1 Å². The third kappa shape index (κ3) is 3.69. The summed E-state index contributed by atoms with van der Waals surface area (Å²) in [5.41, 5.74) is -2.24. The molecule has 1 atom stereocenters. The molecule has 1 unspecified atom stereocenters. The molecule has 118 valence electrons. The molecule has 1 aromatic rings. The van der Waals surface area contributed by atoms with E-state index >= 15 is 0 Å². The van der Waals surface area contributed by atoms with Crippen molar-refractivity contribution in [3.05, 3.63) is 35.9 Å². The summed E-state index contributed by atoms with van der Waals surface area (Å²) in [6.07, 6.45) is -0.760. The van der Waals surface area contributed by atoms with Gasteiger partial charge in [0.1, 0.15) is 6.42 Å². The average molecular weight is 308 g/mol. The summed E-state index contributed by atoms with van der Waals surface area (Å²) in [6.45, 7) is 1.03. The van der Waals surface area contributed by atoms with E-state index in [4.69, 9.17) is 4.74 Å². The van der Waals surface area contributed by atoms with Crippen molar-refractivity contribution in [1.29, 1.82) is 0 Å². The van der Waals surface area contributed by atoms with Crippen LogP contribution in [0.1, 0.15) is 23.7 Å². The number of ketones is 1. The fourth-order valence-electron chi connectivity index (χ4n) is 1.72. The van der Waals surface area contributed by atoms with Gasteiger partial charge in [0, 0.05) is 0 Å². The maximum absolute atomic E-state index is 12.1. The second-order valence-electron chi connectivity index (χ2n) is 4.38. The summed E-state index contributed by atoms with van der Waals surface area (Å²) in [6, 6.07) is 7.75. The number of methoxy groups -OCH3 is 2. The van der Waals surface area contributed by atoms with Crippen molar-refractivity contribution >= 4 is 23.7 Å². The predicted molar refractivity (Wildman–Crippen MR) is 73.9 cm³/mol. The number of carbonyl (C=O) groups is 4. The van der Waals surface area contributed by atoms with Crippen molar-refractivity contribution in [1.82, 2.24) is 0 Å². The van der Waals surface area contributed by atoms with Gasteiger partial charge in [-0.25, -0.2) is 9.59 Å². The molecule has 22 heavy (non-hydrogen) atoms. The van der Waals surface area contributed by atoms with E-state index in [2.05, 4.69) is 9.47 Å². The van der Waals surface area contributed by atoms with Gasteiger partial charge in [-0.3, -0.25) is 9.59 Å². The summed E-state index contributed by atoms with van der Waals surface area (Å²) < 4.78 is 14.0.